The second kappa shape index (κ2) is 7.86. The zero-order valence-corrected chi connectivity index (χ0v) is 17.1. The molecule has 4 rings (SSSR count). The van der Waals surface area contributed by atoms with E-state index in [9.17, 15) is 4.39 Å². The highest BCUT2D eigenvalue weighted by molar-refractivity contribution is 5.83. The average Bonchev–Trinajstić information content (AvgIpc) is 2.67. The highest BCUT2D eigenvalue weighted by atomic mass is 19.1. The van der Waals surface area contributed by atoms with E-state index >= 15 is 4.39 Å². The summed E-state index contributed by atoms with van der Waals surface area (Å²) in [7, 11) is 0. The molecule has 6 atom stereocenters. The number of rotatable bonds is 3. The van der Waals surface area contributed by atoms with E-state index in [1.54, 1.807) is 11.0 Å². The van der Waals surface area contributed by atoms with Gasteiger partial charge in [-0.2, -0.15) is 0 Å². The number of nitrogens with two attached hydrogens (primary N) is 1. The van der Waals surface area contributed by atoms with Gasteiger partial charge in [-0.1, -0.05) is 13.3 Å². The largest absolute Gasteiger partial charge is 0.315 e. The van der Waals surface area contributed by atoms with Crippen molar-refractivity contribution >= 4 is 5.84 Å². The van der Waals surface area contributed by atoms with Crippen LogP contribution in [0.25, 0.3) is 0 Å². The lowest BCUT2D eigenvalue weighted by Crippen LogP contribution is -2.53. The van der Waals surface area contributed by atoms with E-state index in [4.69, 9.17) is 11.1 Å². The van der Waals surface area contributed by atoms with Gasteiger partial charge in [-0.25, -0.2) is 8.78 Å². The van der Waals surface area contributed by atoms with Crippen LogP contribution in [-0.4, -0.2) is 47.6 Å². The van der Waals surface area contributed by atoms with Crippen LogP contribution in [0.2, 0.25) is 0 Å². The van der Waals surface area contributed by atoms with Crippen LogP contribution in [0.4, 0.5) is 8.78 Å². The Morgan fingerprint density at radius 2 is 1.96 bits per heavy atom. The van der Waals surface area contributed by atoms with Crippen molar-refractivity contribution in [2.24, 2.45) is 29.4 Å². The molecule has 156 valence electrons. The van der Waals surface area contributed by atoms with Gasteiger partial charge in [0.15, 0.2) is 0 Å². The zero-order chi connectivity index (χ0) is 20.0. The number of nitrogens with one attached hydrogen (secondary N) is 1. The molecule has 0 aromatic heterocycles. The van der Waals surface area contributed by atoms with E-state index in [0.29, 0.717) is 25.1 Å². The zero-order valence-electron chi connectivity index (χ0n) is 17.1. The van der Waals surface area contributed by atoms with Gasteiger partial charge in [-0.3, -0.25) is 5.41 Å². The molecule has 1 saturated carbocycles. The van der Waals surface area contributed by atoms with Crippen molar-refractivity contribution in [2.75, 3.05) is 19.6 Å². The topological polar surface area (TPSA) is 56.4 Å². The molecule has 4 aliphatic rings. The average molecular weight is 393 g/mol. The fourth-order valence-electron chi connectivity index (χ4n) is 6.15. The summed E-state index contributed by atoms with van der Waals surface area (Å²) in [5, 5.41) is 8.22. The molecule has 0 aromatic carbocycles. The predicted octanol–water partition coefficient (Wildman–Crippen LogP) is 4.20. The molecule has 2 heterocycles. The van der Waals surface area contributed by atoms with Crippen LogP contribution < -0.4 is 5.73 Å². The van der Waals surface area contributed by atoms with Gasteiger partial charge in [0.1, 0.15) is 17.8 Å². The Balaban J connectivity index is 1.62. The molecule has 0 aromatic rings. The summed E-state index contributed by atoms with van der Waals surface area (Å²) in [4.78, 5) is 4.10. The molecule has 4 nitrogen and oxygen atoms in total. The second-order valence-corrected chi connectivity index (χ2v) is 9.18. The van der Waals surface area contributed by atoms with Crippen molar-refractivity contribution in [1.82, 2.24) is 9.80 Å². The maximum absolute atomic E-state index is 15.4. The number of hydrogen-bond acceptors (Lipinski definition) is 3. The number of halogens is 2. The van der Waals surface area contributed by atoms with Crippen molar-refractivity contribution in [3.8, 4) is 0 Å². The van der Waals surface area contributed by atoms with Gasteiger partial charge in [0.05, 0.1) is 6.17 Å². The Morgan fingerprint density at radius 1 is 1.21 bits per heavy atom. The number of piperidine rings is 1. The fraction of sp³-hybridized carbons (Fsp3) is 0.773. The maximum atomic E-state index is 15.4. The van der Waals surface area contributed by atoms with Crippen LogP contribution in [0.3, 0.4) is 0 Å². The van der Waals surface area contributed by atoms with E-state index in [-0.39, 0.29) is 35.7 Å². The molecule has 2 aliphatic heterocycles. The van der Waals surface area contributed by atoms with Crippen LogP contribution in [-0.2, 0) is 0 Å². The standard InChI is InChI=1S/C22H34F2N4/c1-3-27-11-17(15-5-4-6-19(23)18(15)12-27)16-9-14-7-8-22(26)28(13(2)25)21(14)10-20(16)24/h10,13,15-19,26H,3-9,11-12,25H2,1-2H3. The Labute approximate surface area is 167 Å². The van der Waals surface area contributed by atoms with Crippen LogP contribution in [0.15, 0.2) is 23.2 Å². The van der Waals surface area contributed by atoms with Crippen LogP contribution in [0.1, 0.15) is 52.4 Å². The first-order chi connectivity index (χ1) is 13.4. The molecule has 0 radical (unpaired) electrons. The van der Waals surface area contributed by atoms with Gasteiger partial charge < -0.3 is 15.5 Å². The van der Waals surface area contributed by atoms with Gasteiger partial charge in [-0.05, 0) is 62.6 Å². The van der Waals surface area contributed by atoms with Crippen LogP contribution in [0.5, 0.6) is 0 Å². The first-order valence-corrected chi connectivity index (χ1v) is 11.0. The number of fused-ring (bicyclic) bond motifs is 1. The Hall–Kier alpha value is -1.27. The minimum Gasteiger partial charge on any atom is -0.315 e. The third-order valence-corrected chi connectivity index (χ3v) is 7.56. The normalized spacial score (nSPS) is 38.0. The molecular formula is C22H34F2N4. The summed E-state index contributed by atoms with van der Waals surface area (Å²) in [5.41, 5.74) is 8.09. The maximum Gasteiger partial charge on any atom is 0.106 e. The summed E-state index contributed by atoms with van der Waals surface area (Å²) in [6.07, 6.45) is 5.33. The minimum atomic E-state index is -0.746. The highest BCUT2D eigenvalue weighted by Crippen LogP contribution is 2.49. The number of likely N-dealkylation sites (tertiary alicyclic amines) is 1. The van der Waals surface area contributed by atoms with Crippen LogP contribution in [0, 0.1) is 29.1 Å². The molecule has 28 heavy (non-hydrogen) atoms. The Bertz CT molecular complexity index is 686. The molecule has 3 N–H and O–H groups in total. The van der Waals surface area contributed by atoms with Gasteiger partial charge in [-0.15, -0.1) is 0 Å². The lowest BCUT2D eigenvalue weighted by Gasteiger charge is -2.50. The second-order valence-electron chi connectivity index (χ2n) is 9.18. The molecule has 0 spiro atoms. The van der Waals surface area contributed by atoms with Crippen LogP contribution >= 0.6 is 0 Å². The fourth-order valence-corrected chi connectivity index (χ4v) is 6.15. The minimum absolute atomic E-state index is 0.0516. The van der Waals surface area contributed by atoms with E-state index in [1.807, 2.05) is 6.92 Å². The summed E-state index contributed by atoms with van der Waals surface area (Å²) in [6.45, 7) is 6.55. The summed E-state index contributed by atoms with van der Waals surface area (Å²) < 4.78 is 30.2. The monoisotopic (exact) mass is 392 g/mol. The molecule has 6 heteroatoms. The summed E-state index contributed by atoms with van der Waals surface area (Å²) >= 11 is 0. The quantitative estimate of drug-likeness (QED) is 0.757. The lowest BCUT2D eigenvalue weighted by molar-refractivity contribution is -0.0296. The molecule has 2 fully saturated rings. The third-order valence-electron chi connectivity index (χ3n) is 7.56. The van der Waals surface area contributed by atoms with E-state index in [0.717, 1.165) is 44.6 Å². The van der Waals surface area contributed by atoms with Crippen molar-refractivity contribution < 1.29 is 8.78 Å². The Kier molecular flexibility index (Phi) is 5.62. The number of amidine groups is 1. The molecular weight excluding hydrogens is 358 g/mol. The van der Waals surface area contributed by atoms with Gasteiger partial charge in [0, 0.05) is 37.0 Å². The number of allylic oxidation sites excluding steroid dienone is 3. The molecule has 1 saturated heterocycles. The number of nitrogens with zero attached hydrogens (tertiary/aromatic N) is 2. The predicted molar refractivity (Wildman–Crippen MR) is 108 cm³/mol. The van der Waals surface area contributed by atoms with Crippen molar-refractivity contribution in [1.29, 1.82) is 5.41 Å². The van der Waals surface area contributed by atoms with Crippen molar-refractivity contribution in [3.05, 3.63) is 23.2 Å². The third kappa shape index (κ3) is 3.43. The van der Waals surface area contributed by atoms with E-state index in [2.05, 4.69) is 11.8 Å². The molecule has 0 bridgehead atoms. The van der Waals surface area contributed by atoms with Crippen molar-refractivity contribution in [3.63, 3.8) is 0 Å². The lowest BCUT2D eigenvalue weighted by atomic mass is 9.63. The molecule has 2 aliphatic carbocycles. The first-order valence-electron chi connectivity index (χ1n) is 11.0. The van der Waals surface area contributed by atoms with E-state index < -0.39 is 6.17 Å². The van der Waals surface area contributed by atoms with Crippen molar-refractivity contribution in [2.45, 2.75) is 64.7 Å². The molecule has 0 amide bonds. The van der Waals surface area contributed by atoms with Gasteiger partial charge >= 0.3 is 0 Å². The summed E-state index contributed by atoms with van der Waals surface area (Å²) in [5.74, 6) is 0.723. The highest BCUT2D eigenvalue weighted by Gasteiger charge is 2.47. The SMILES string of the molecule is CCN1CC2C(F)CCCC2C(C2CC3=C(C=C2F)N(C(C)N)C(=N)CC3)C1. The smallest absolute Gasteiger partial charge is 0.106 e. The first kappa shape index (κ1) is 20.0. The van der Waals surface area contributed by atoms with E-state index in [1.165, 1.54) is 5.57 Å². The number of hydrogen-bond donors (Lipinski definition) is 2. The van der Waals surface area contributed by atoms with Gasteiger partial charge in [0.2, 0.25) is 0 Å². The summed E-state index contributed by atoms with van der Waals surface area (Å²) in [6, 6.07) is 0. The Morgan fingerprint density at radius 3 is 2.68 bits per heavy atom. The number of alkyl halides is 1. The van der Waals surface area contributed by atoms with Gasteiger partial charge in [0.25, 0.3) is 0 Å². The molecule has 6 unspecified atom stereocenters.